The van der Waals surface area contributed by atoms with Crippen LogP contribution in [0.25, 0.3) is 22.7 Å². The number of hydrogen-bond acceptors (Lipinski definition) is 4. The molecule has 0 spiro atoms. The molecule has 4 nitrogen and oxygen atoms in total. The molecular weight excluding hydrogens is 264 g/mol. The van der Waals surface area contributed by atoms with Gasteiger partial charge in [-0.05, 0) is 24.3 Å². The van der Waals surface area contributed by atoms with E-state index in [4.69, 9.17) is 16.0 Å². The molecule has 0 saturated heterocycles. The van der Waals surface area contributed by atoms with Crippen molar-refractivity contribution in [1.82, 2.24) is 9.97 Å². The quantitative estimate of drug-likeness (QED) is 0.667. The van der Waals surface area contributed by atoms with Gasteiger partial charge in [0.15, 0.2) is 11.4 Å². The number of aromatic nitrogens is 2. The molecule has 0 fully saturated rings. The van der Waals surface area contributed by atoms with E-state index < -0.39 is 0 Å². The Bertz CT molecular complexity index is 747. The molecule has 0 unspecified atom stereocenters. The summed E-state index contributed by atoms with van der Waals surface area (Å²) >= 11 is 6.09. The lowest BCUT2D eigenvalue weighted by Gasteiger charge is -2.00. The van der Waals surface area contributed by atoms with Gasteiger partial charge in [-0.3, -0.25) is 4.79 Å². The van der Waals surface area contributed by atoms with Crippen LogP contribution in [-0.4, -0.2) is 15.8 Å². The Morgan fingerprint density at radius 1 is 1.16 bits per heavy atom. The molecule has 3 rings (SSSR count). The Hall–Kier alpha value is -2.20. The van der Waals surface area contributed by atoms with Gasteiger partial charge in [0.1, 0.15) is 16.9 Å². The number of hydrogen-bond donors (Lipinski definition) is 0. The van der Waals surface area contributed by atoms with E-state index in [0.29, 0.717) is 27.9 Å². The van der Waals surface area contributed by atoms with Crippen molar-refractivity contribution in [2.45, 2.75) is 6.92 Å². The van der Waals surface area contributed by atoms with Gasteiger partial charge in [0.05, 0.1) is 5.02 Å². The van der Waals surface area contributed by atoms with Crippen molar-refractivity contribution >= 4 is 28.5 Å². The maximum absolute atomic E-state index is 11.4. The van der Waals surface area contributed by atoms with Crippen LogP contribution in [-0.2, 0) is 0 Å². The third-order valence-corrected chi connectivity index (χ3v) is 3.01. The minimum atomic E-state index is -0.131. The van der Waals surface area contributed by atoms with Crippen molar-refractivity contribution in [1.29, 1.82) is 0 Å². The van der Waals surface area contributed by atoms with Crippen molar-refractivity contribution in [3.63, 3.8) is 0 Å². The zero-order valence-corrected chi connectivity index (χ0v) is 10.8. The fourth-order valence-corrected chi connectivity index (χ4v) is 1.95. The summed E-state index contributed by atoms with van der Waals surface area (Å²) in [6.45, 7) is 1.45. The number of ketones is 1. The minimum absolute atomic E-state index is 0.131. The molecule has 94 valence electrons. The highest BCUT2D eigenvalue weighted by molar-refractivity contribution is 6.33. The molecule has 0 radical (unpaired) electrons. The summed E-state index contributed by atoms with van der Waals surface area (Å²) in [5.74, 6) is 0.184. The fourth-order valence-electron chi connectivity index (χ4n) is 1.76. The average molecular weight is 273 g/mol. The van der Waals surface area contributed by atoms with Crippen LogP contribution in [0.5, 0.6) is 0 Å². The highest BCUT2D eigenvalue weighted by Crippen LogP contribution is 2.28. The van der Waals surface area contributed by atoms with Crippen LogP contribution >= 0.6 is 11.6 Å². The lowest BCUT2D eigenvalue weighted by molar-refractivity contribution is 0.101. The third kappa shape index (κ3) is 2.11. The number of rotatable bonds is 2. The summed E-state index contributed by atoms with van der Waals surface area (Å²) in [7, 11) is 0. The predicted molar refractivity (Wildman–Crippen MR) is 72.3 cm³/mol. The number of oxazole rings is 1. The predicted octanol–water partition coefficient (Wildman–Crippen LogP) is 3.75. The minimum Gasteiger partial charge on any atom is -0.435 e. The fraction of sp³-hybridized carbons (Fsp3) is 0.0714. The summed E-state index contributed by atoms with van der Waals surface area (Å²) in [4.78, 5) is 19.9. The van der Waals surface area contributed by atoms with Gasteiger partial charge in [-0.1, -0.05) is 23.7 Å². The van der Waals surface area contributed by atoms with Crippen molar-refractivity contribution < 1.29 is 9.21 Å². The Morgan fingerprint density at radius 3 is 2.68 bits per heavy atom. The van der Waals surface area contributed by atoms with Crippen LogP contribution in [0.1, 0.15) is 17.4 Å². The zero-order chi connectivity index (χ0) is 13.4. The largest absolute Gasteiger partial charge is 0.435 e. The second-order valence-electron chi connectivity index (χ2n) is 4.07. The lowest BCUT2D eigenvalue weighted by Crippen LogP contribution is -1.98. The molecule has 2 heterocycles. The molecule has 1 aromatic carbocycles. The number of benzene rings is 1. The SMILES string of the molecule is CC(=O)c1ccc(Cl)c(-c2nc3ccccc3o2)n1. The Labute approximate surface area is 114 Å². The highest BCUT2D eigenvalue weighted by atomic mass is 35.5. The van der Waals surface area contributed by atoms with Crippen molar-refractivity contribution in [2.24, 2.45) is 0 Å². The van der Waals surface area contributed by atoms with Crippen LogP contribution in [0.4, 0.5) is 0 Å². The summed E-state index contributed by atoms with van der Waals surface area (Å²) in [5, 5.41) is 0.400. The molecular formula is C14H9ClN2O2. The lowest BCUT2D eigenvalue weighted by atomic mass is 10.2. The van der Waals surface area contributed by atoms with Gasteiger partial charge in [0.2, 0.25) is 5.89 Å². The van der Waals surface area contributed by atoms with Gasteiger partial charge in [0.25, 0.3) is 0 Å². The molecule has 2 aromatic heterocycles. The molecule has 3 aromatic rings. The number of Topliss-reactive ketones (excluding diaryl/α,β-unsaturated/α-hetero) is 1. The van der Waals surface area contributed by atoms with Crippen molar-refractivity contribution in [2.75, 3.05) is 0 Å². The van der Waals surface area contributed by atoms with Crippen LogP contribution in [0.3, 0.4) is 0 Å². The average Bonchev–Trinajstić information content (AvgIpc) is 2.82. The maximum atomic E-state index is 11.4. The molecule has 0 N–H and O–H groups in total. The van der Waals surface area contributed by atoms with Crippen molar-refractivity contribution in [3.05, 3.63) is 47.1 Å². The molecule has 5 heteroatoms. The van der Waals surface area contributed by atoms with Gasteiger partial charge >= 0.3 is 0 Å². The number of fused-ring (bicyclic) bond motifs is 1. The third-order valence-electron chi connectivity index (χ3n) is 2.70. The molecule has 0 atom stereocenters. The smallest absolute Gasteiger partial charge is 0.247 e. The summed E-state index contributed by atoms with van der Waals surface area (Å²) in [6, 6.07) is 10.6. The Kier molecular flexibility index (Phi) is 2.80. The van der Waals surface area contributed by atoms with Gasteiger partial charge < -0.3 is 4.42 Å². The maximum Gasteiger partial charge on any atom is 0.247 e. The number of para-hydroxylation sites is 2. The van der Waals surface area contributed by atoms with Crippen LogP contribution < -0.4 is 0 Å². The molecule has 0 aliphatic carbocycles. The van der Waals surface area contributed by atoms with E-state index in [9.17, 15) is 4.79 Å². The molecule has 0 saturated carbocycles. The first-order valence-electron chi connectivity index (χ1n) is 5.68. The number of halogens is 1. The molecule has 0 bridgehead atoms. The van der Waals surface area contributed by atoms with E-state index in [2.05, 4.69) is 9.97 Å². The van der Waals surface area contributed by atoms with E-state index >= 15 is 0 Å². The summed E-state index contributed by atoms with van der Waals surface area (Å²) in [6.07, 6.45) is 0. The topological polar surface area (TPSA) is 56.0 Å². The molecule has 0 amide bonds. The number of nitrogens with zero attached hydrogens (tertiary/aromatic N) is 2. The summed E-state index contributed by atoms with van der Waals surface area (Å²) < 4.78 is 5.60. The highest BCUT2D eigenvalue weighted by Gasteiger charge is 2.15. The first-order valence-corrected chi connectivity index (χ1v) is 6.06. The molecule has 0 aliphatic heterocycles. The van der Waals surface area contributed by atoms with Crippen LogP contribution in [0, 0.1) is 0 Å². The van der Waals surface area contributed by atoms with Crippen LogP contribution in [0.2, 0.25) is 5.02 Å². The monoisotopic (exact) mass is 272 g/mol. The van der Waals surface area contributed by atoms with Gasteiger partial charge in [-0.2, -0.15) is 0 Å². The first-order chi connectivity index (χ1) is 9.15. The molecule has 19 heavy (non-hydrogen) atoms. The van der Waals surface area contributed by atoms with E-state index in [1.165, 1.54) is 6.92 Å². The number of pyridine rings is 1. The van der Waals surface area contributed by atoms with E-state index in [1.54, 1.807) is 12.1 Å². The second kappa shape index (κ2) is 4.48. The van der Waals surface area contributed by atoms with Gasteiger partial charge in [-0.25, -0.2) is 9.97 Å². The van der Waals surface area contributed by atoms with E-state index in [1.807, 2.05) is 24.3 Å². The van der Waals surface area contributed by atoms with Gasteiger partial charge in [-0.15, -0.1) is 0 Å². The Morgan fingerprint density at radius 2 is 1.95 bits per heavy atom. The molecule has 0 aliphatic rings. The van der Waals surface area contributed by atoms with Crippen molar-refractivity contribution in [3.8, 4) is 11.6 Å². The Balaban J connectivity index is 2.20. The first kappa shape index (κ1) is 11.9. The zero-order valence-electron chi connectivity index (χ0n) is 10.1. The van der Waals surface area contributed by atoms with E-state index in [-0.39, 0.29) is 5.78 Å². The summed E-state index contributed by atoms with van der Waals surface area (Å²) in [5.41, 5.74) is 2.10. The van der Waals surface area contributed by atoms with Crippen LogP contribution in [0.15, 0.2) is 40.8 Å². The van der Waals surface area contributed by atoms with E-state index in [0.717, 1.165) is 5.52 Å². The standard InChI is InChI=1S/C14H9ClN2O2/c1-8(18)10-7-6-9(15)13(16-10)14-17-11-4-2-3-5-12(11)19-14/h2-7H,1H3. The normalized spacial score (nSPS) is 10.8. The van der Waals surface area contributed by atoms with Gasteiger partial charge in [0, 0.05) is 6.92 Å². The number of carbonyl (C=O) groups excluding carboxylic acids is 1. The number of carbonyl (C=O) groups is 1. The second-order valence-corrected chi connectivity index (χ2v) is 4.48.